The molecule has 0 saturated heterocycles. The summed E-state index contributed by atoms with van der Waals surface area (Å²) < 4.78 is 24.4. The van der Waals surface area contributed by atoms with E-state index in [1.807, 2.05) is 0 Å². The summed E-state index contributed by atoms with van der Waals surface area (Å²) in [4.78, 5) is 30.7. The van der Waals surface area contributed by atoms with Gasteiger partial charge >= 0.3 is 0 Å². The van der Waals surface area contributed by atoms with Gasteiger partial charge in [-0.1, -0.05) is 19.1 Å². The van der Waals surface area contributed by atoms with Crippen LogP contribution in [0.5, 0.6) is 0 Å². The van der Waals surface area contributed by atoms with E-state index in [-0.39, 0.29) is 21.9 Å². The van der Waals surface area contributed by atoms with Crippen LogP contribution in [0.4, 0.5) is 5.13 Å². The van der Waals surface area contributed by atoms with Gasteiger partial charge in [0.05, 0.1) is 21.9 Å². The molecule has 0 fully saturated rings. The minimum absolute atomic E-state index is 0.0153. The summed E-state index contributed by atoms with van der Waals surface area (Å²) in [6.45, 7) is 1.52. The van der Waals surface area contributed by atoms with Crippen molar-refractivity contribution in [2.45, 2.75) is 11.8 Å². The first-order valence-corrected chi connectivity index (χ1v) is 10.4. The maximum absolute atomic E-state index is 12.6. The molecule has 4 N–H and O–H groups in total. The van der Waals surface area contributed by atoms with Crippen molar-refractivity contribution in [2.24, 2.45) is 5.73 Å². The van der Waals surface area contributed by atoms with Crippen LogP contribution >= 0.6 is 11.3 Å². The number of H-pyrrole nitrogens is 1. The highest BCUT2D eigenvalue weighted by Crippen LogP contribution is 2.26. The van der Waals surface area contributed by atoms with Crippen LogP contribution in [-0.4, -0.2) is 36.0 Å². The average Bonchev–Trinajstić information content (AvgIpc) is 3.31. The molecule has 8 nitrogen and oxygen atoms in total. The smallest absolute Gasteiger partial charge is 0.265 e. The van der Waals surface area contributed by atoms with Gasteiger partial charge in [0.15, 0.2) is 15.0 Å². The van der Waals surface area contributed by atoms with Crippen molar-refractivity contribution in [3.8, 4) is 11.3 Å². The first kappa shape index (κ1) is 18.8. The van der Waals surface area contributed by atoms with E-state index in [0.29, 0.717) is 16.4 Å². The maximum atomic E-state index is 12.6. The highest BCUT2D eigenvalue weighted by atomic mass is 32.2. The monoisotopic (exact) mass is 404 g/mol. The lowest BCUT2D eigenvalue weighted by molar-refractivity contribution is 0.0993. The average molecular weight is 404 g/mol. The highest BCUT2D eigenvalue weighted by molar-refractivity contribution is 7.91. The number of benzene rings is 1. The van der Waals surface area contributed by atoms with E-state index in [0.717, 1.165) is 0 Å². The van der Waals surface area contributed by atoms with Gasteiger partial charge in [-0.3, -0.25) is 14.9 Å². The fraction of sp³-hybridized carbons (Fsp3) is 0.118. The van der Waals surface area contributed by atoms with Crippen LogP contribution in [0.15, 0.2) is 46.8 Å². The van der Waals surface area contributed by atoms with Crippen LogP contribution in [0.25, 0.3) is 11.3 Å². The summed E-state index contributed by atoms with van der Waals surface area (Å²) >= 11 is 1.18. The van der Waals surface area contributed by atoms with E-state index in [4.69, 9.17) is 5.73 Å². The first-order valence-electron chi connectivity index (χ1n) is 7.89. The summed E-state index contributed by atoms with van der Waals surface area (Å²) in [6, 6.07) is 7.60. The summed E-state index contributed by atoms with van der Waals surface area (Å²) in [5.41, 5.74) is 6.72. The predicted octanol–water partition coefficient (Wildman–Crippen LogP) is 2.28. The number of primary amides is 1. The molecule has 2 heterocycles. The molecule has 140 valence electrons. The van der Waals surface area contributed by atoms with Crippen molar-refractivity contribution in [2.75, 3.05) is 11.1 Å². The van der Waals surface area contributed by atoms with Crippen LogP contribution in [0.3, 0.4) is 0 Å². The minimum atomic E-state index is -3.54. The molecule has 0 saturated carbocycles. The molecule has 0 atom stereocenters. The Hall–Kier alpha value is -2.98. The third-order valence-electron chi connectivity index (χ3n) is 3.82. The fourth-order valence-electron chi connectivity index (χ4n) is 2.39. The Kier molecular flexibility index (Phi) is 5.10. The van der Waals surface area contributed by atoms with Gasteiger partial charge in [0, 0.05) is 17.1 Å². The Labute approximate surface area is 159 Å². The lowest BCUT2D eigenvalue weighted by atomic mass is 10.2. The predicted molar refractivity (Wildman–Crippen MR) is 103 cm³/mol. The summed E-state index contributed by atoms with van der Waals surface area (Å²) in [5, 5.41) is 4.63. The molecule has 0 unspecified atom stereocenters. The number of nitrogens with zero attached hydrogens (tertiary/aromatic N) is 1. The van der Waals surface area contributed by atoms with E-state index in [1.165, 1.54) is 30.4 Å². The van der Waals surface area contributed by atoms with E-state index >= 15 is 0 Å². The van der Waals surface area contributed by atoms with Crippen LogP contribution in [0, 0.1) is 0 Å². The third kappa shape index (κ3) is 3.91. The zero-order valence-electron chi connectivity index (χ0n) is 14.2. The topological polar surface area (TPSA) is 135 Å². The molecule has 3 rings (SSSR count). The van der Waals surface area contributed by atoms with Crippen molar-refractivity contribution in [3.05, 3.63) is 53.2 Å². The van der Waals surface area contributed by atoms with Crippen molar-refractivity contribution < 1.29 is 18.0 Å². The fourth-order valence-corrected chi connectivity index (χ4v) is 4.20. The molecule has 1 aromatic carbocycles. The van der Waals surface area contributed by atoms with Crippen molar-refractivity contribution in [3.63, 3.8) is 0 Å². The number of hydrogen-bond donors (Lipinski definition) is 3. The number of aromatic nitrogens is 2. The molecule has 0 aliphatic heterocycles. The second-order valence-corrected chi connectivity index (χ2v) is 8.66. The third-order valence-corrected chi connectivity index (χ3v) is 6.36. The lowest BCUT2D eigenvalue weighted by Crippen LogP contribution is -2.17. The van der Waals surface area contributed by atoms with Crippen LogP contribution < -0.4 is 11.1 Å². The van der Waals surface area contributed by atoms with E-state index in [1.54, 1.807) is 29.8 Å². The van der Waals surface area contributed by atoms with E-state index in [9.17, 15) is 18.0 Å². The van der Waals surface area contributed by atoms with Gasteiger partial charge in [-0.25, -0.2) is 13.4 Å². The molecular formula is C17H16N4O4S2. The molecule has 0 spiro atoms. The van der Waals surface area contributed by atoms with Crippen LogP contribution in [0.2, 0.25) is 0 Å². The Balaban J connectivity index is 1.84. The number of carbonyl (C=O) groups excluding carboxylic acids is 2. The quantitative estimate of drug-likeness (QED) is 0.579. The summed E-state index contributed by atoms with van der Waals surface area (Å²) in [5.74, 6) is -1.25. The number of hydrogen-bond acceptors (Lipinski definition) is 6. The molecule has 0 radical (unpaired) electrons. The van der Waals surface area contributed by atoms with Gasteiger partial charge in [0.2, 0.25) is 0 Å². The van der Waals surface area contributed by atoms with Gasteiger partial charge in [-0.05, 0) is 18.2 Å². The number of aromatic amines is 1. The Bertz CT molecular complexity index is 1120. The number of nitrogens with one attached hydrogen (secondary N) is 2. The molecular weight excluding hydrogens is 388 g/mol. The van der Waals surface area contributed by atoms with Crippen molar-refractivity contribution >= 4 is 38.1 Å². The number of amides is 2. The zero-order chi connectivity index (χ0) is 19.6. The zero-order valence-corrected chi connectivity index (χ0v) is 15.9. The van der Waals surface area contributed by atoms with Gasteiger partial charge in [0.1, 0.15) is 5.69 Å². The van der Waals surface area contributed by atoms with E-state index < -0.39 is 21.7 Å². The Morgan fingerprint density at radius 1 is 1.30 bits per heavy atom. The first-order chi connectivity index (χ1) is 12.8. The van der Waals surface area contributed by atoms with Gasteiger partial charge in [0.25, 0.3) is 11.8 Å². The summed E-state index contributed by atoms with van der Waals surface area (Å²) in [6.07, 6.45) is 1.59. The number of thiazole rings is 1. The van der Waals surface area contributed by atoms with Gasteiger partial charge in [-0.2, -0.15) is 0 Å². The highest BCUT2D eigenvalue weighted by Gasteiger charge is 2.21. The molecule has 2 aromatic heterocycles. The summed E-state index contributed by atoms with van der Waals surface area (Å²) in [7, 11) is -3.54. The Morgan fingerprint density at radius 3 is 2.70 bits per heavy atom. The second-order valence-electron chi connectivity index (χ2n) is 5.56. The SMILES string of the molecule is CCS(=O)(=O)c1ccccc1C(=O)Nc1nc(-c2c[nH]c(C(N)=O)c2)cs1. The van der Waals surface area contributed by atoms with Crippen LogP contribution in [-0.2, 0) is 9.84 Å². The number of carbonyl (C=O) groups is 2. The number of rotatable bonds is 6. The molecule has 27 heavy (non-hydrogen) atoms. The van der Waals surface area contributed by atoms with Gasteiger partial charge in [-0.15, -0.1) is 11.3 Å². The standard InChI is InChI=1S/C17H16N4O4S2/c1-2-27(24,25)14-6-4-3-5-11(14)16(23)21-17-20-13(9-26-17)10-7-12(15(18)22)19-8-10/h3-9,19H,2H2,1H3,(H2,18,22)(H,20,21,23). The minimum Gasteiger partial charge on any atom is -0.364 e. The molecule has 2 amide bonds. The number of anilines is 1. The Morgan fingerprint density at radius 2 is 2.04 bits per heavy atom. The second kappa shape index (κ2) is 7.33. The lowest BCUT2D eigenvalue weighted by Gasteiger charge is -2.08. The van der Waals surface area contributed by atoms with Crippen LogP contribution in [0.1, 0.15) is 27.8 Å². The molecule has 0 aliphatic rings. The number of nitrogens with two attached hydrogens (primary N) is 1. The van der Waals surface area contributed by atoms with Crippen molar-refractivity contribution in [1.29, 1.82) is 0 Å². The van der Waals surface area contributed by atoms with Gasteiger partial charge < -0.3 is 10.7 Å². The largest absolute Gasteiger partial charge is 0.364 e. The van der Waals surface area contributed by atoms with Crippen molar-refractivity contribution in [1.82, 2.24) is 9.97 Å². The molecule has 10 heteroatoms. The van der Waals surface area contributed by atoms with E-state index in [2.05, 4.69) is 15.3 Å². The number of sulfone groups is 1. The normalized spacial score (nSPS) is 11.3. The molecule has 0 aliphatic carbocycles. The molecule has 3 aromatic rings. The maximum Gasteiger partial charge on any atom is 0.265 e. The molecule has 0 bridgehead atoms.